The molecule has 0 spiro atoms. The van der Waals surface area contributed by atoms with E-state index in [1.165, 1.54) is 5.56 Å². The number of benzene rings is 1. The Balaban J connectivity index is 1.39. The number of aryl methyl sites for hydroxylation is 1. The van der Waals surface area contributed by atoms with Crippen molar-refractivity contribution >= 4 is 16.6 Å². The van der Waals surface area contributed by atoms with Crippen molar-refractivity contribution in [3.05, 3.63) is 66.6 Å². The number of likely N-dealkylation sites (tertiary alicyclic amines) is 1. The van der Waals surface area contributed by atoms with Gasteiger partial charge in [0.1, 0.15) is 5.69 Å². The molecule has 0 saturated carbocycles. The monoisotopic (exact) mass is 438 g/mol. The first-order valence-electron chi connectivity index (χ1n) is 11.3. The molecule has 8 heteroatoms. The molecule has 1 saturated heterocycles. The lowest BCUT2D eigenvalue weighted by Crippen LogP contribution is -2.28. The van der Waals surface area contributed by atoms with Crippen LogP contribution in [0.2, 0.25) is 0 Å². The summed E-state index contributed by atoms with van der Waals surface area (Å²) in [4.78, 5) is 7.38. The minimum absolute atomic E-state index is 0.264. The standard InChI is InChI=1S/C25H26N8/c1-16(32-10-9-21(26)15-32)19-6-8-24-29-30-25(33(24)14-19)22-7-5-17-3-4-18(11-23(17)28-22)20-12-27-31(2)13-20/h3-8,11-14,16,21H,9-10,15,26H2,1-2H3/t16?,21-/m0/s1. The predicted octanol–water partition coefficient (Wildman–Crippen LogP) is 3.44. The number of hydrogen-bond acceptors (Lipinski definition) is 6. The van der Waals surface area contributed by atoms with E-state index in [0.717, 1.165) is 58.7 Å². The van der Waals surface area contributed by atoms with Crippen molar-refractivity contribution in [3.63, 3.8) is 0 Å². The smallest absolute Gasteiger partial charge is 0.187 e. The summed E-state index contributed by atoms with van der Waals surface area (Å²) in [5, 5.41) is 14.2. The minimum atomic E-state index is 0.264. The van der Waals surface area contributed by atoms with E-state index in [0.29, 0.717) is 0 Å². The summed E-state index contributed by atoms with van der Waals surface area (Å²) in [5.74, 6) is 0.742. The number of nitrogens with zero attached hydrogens (tertiary/aromatic N) is 7. The number of pyridine rings is 2. The van der Waals surface area contributed by atoms with E-state index in [2.05, 4.69) is 63.6 Å². The van der Waals surface area contributed by atoms with Crippen LogP contribution in [0.1, 0.15) is 24.9 Å². The van der Waals surface area contributed by atoms with Crippen LogP contribution in [0.3, 0.4) is 0 Å². The van der Waals surface area contributed by atoms with Gasteiger partial charge in [0.15, 0.2) is 11.5 Å². The van der Waals surface area contributed by atoms with Crippen molar-refractivity contribution in [3.8, 4) is 22.6 Å². The van der Waals surface area contributed by atoms with Gasteiger partial charge in [-0.15, -0.1) is 10.2 Å². The summed E-state index contributed by atoms with van der Waals surface area (Å²) < 4.78 is 3.85. The van der Waals surface area contributed by atoms with Crippen LogP contribution in [0, 0.1) is 0 Å². The Morgan fingerprint density at radius 2 is 1.91 bits per heavy atom. The van der Waals surface area contributed by atoms with Crippen molar-refractivity contribution < 1.29 is 0 Å². The molecular weight excluding hydrogens is 412 g/mol. The van der Waals surface area contributed by atoms with E-state index in [4.69, 9.17) is 10.7 Å². The second-order valence-electron chi connectivity index (χ2n) is 8.94. The highest BCUT2D eigenvalue weighted by Gasteiger charge is 2.25. The van der Waals surface area contributed by atoms with Crippen LogP contribution in [0.5, 0.6) is 0 Å². The van der Waals surface area contributed by atoms with Crippen LogP contribution < -0.4 is 5.73 Å². The van der Waals surface area contributed by atoms with E-state index in [9.17, 15) is 0 Å². The Hall–Kier alpha value is -3.62. The molecule has 0 radical (unpaired) electrons. The summed E-state index contributed by atoms with van der Waals surface area (Å²) in [7, 11) is 1.92. The quantitative estimate of drug-likeness (QED) is 0.462. The Bertz CT molecular complexity index is 1470. The van der Waals surface area contributed by atoms with E-state index in [-0.39, 0.29) is 12.1 Å². The highest BCUT2D eigenvalue weighted by Crippen LogP contribution is 2.28. The molecule has 0 amide bonds. The zero-order valence-electron chi connectivity index (χ0n) is 18.8. The van der Waals surface area contributed by atoms with Gasteiger partial charge in [-0.05, 0) is 42.7 Å². The molecule has 1 aliphatic rings. The SMILES string of the molecule is CC(c1ccc2nnc(-c3ccc4ccc(-c5cnn(C)c5)cc4n3)n2c1)N1CC[C@H](N)C1. The summed E-state index contributed by atoms with van der Waals surface area (Å²) in [5.41, 5.74) is 12.0. The molecule has 2 N–H and O–H groups in total. The van der Waals surface area contributed by atoms with Gasteiger partial charge in [-0.1, -0.05) is 24.3 Å². The zero-order valence-corrected chi connectivity index (χ0v) is 18.8. The molecule has 6 rings (SSSR count). The van der Waals surface area contributed by atoms with Crippen molar-refractivity contribution in [2.75, 3.05) is 13.1 Å². The minimum Gasteiger partial charge on any atom is -0.326 e. The predicted molar refractivity (Wildman–Crippen MR) is 129 cm³/mol. The van der Waals surface area contributed by atoms with Crippen LogP contribution in [-0.4, -0.2) is 53.4 Å². The summed E-state index contributed by atoms with van der Waals surface area (Å²) in [6, 6.07) is 15.1. The van der Waals surface area contributed by atoms with E-state index < -0.39 is 0 Å². The molecule has 1 fully saturated rings. The Kier molecular flexibility index (Phi) is 4.70. The lowest BCUT2D eigenvalue weighted by Gasteiger charge is -2.24. The van der Waals surface area contributed by atoms with Crippen molar-refractivity contribution in [1.29, 1.82) is 0 Å². The van der Waals surface area contributed by atoms with Crippen LogP contribution in [0.4, 0.5) is 0 Å². The lowest BCUT2D eigenvalue weighted by molar-refractivity contribution is 0.259. The summed E-state index contributed by atoms with van der Waals surface area (Å²) in [6.45, 7) is 4.19. The molecule has 4 aromatic heterocycles. The third-order valence-electron chi connectivity index (χ3n) is 6.67. The van der Waals surface area contributed by atoms with Gasteiger partial charge in [0.25, 0.3) is 0 Å². The Morgan fingerprint density at radius 3 is 2.70 bits per heavy atom. The maximum atomic E-state index is 6.13. The van der Waals surface area contributed by atoms with Gasteiger partial charge in [0.2, 0.25) is 0 Å². The summed E-state index contributed by atoms with van der Waals surface area (Å²) >= 11 is 0. The number of fused-ring (bicyclic) bond motifs is 2. The molecule has 33 heavy (non-hydrogen) atoms. The fourth-order valence-corrected chi connectivity index (χ4v) is 4.70. The van der Waals surface area contributed by atoms with Crippen LogP contribution >= 0.6 is 0 Å². The topological polar surface area (TPSA) is 90.2 Å². The molecule has 166 valence electrons. The molecular formula is C25H26N8. The lowest BCUT2D eigenvalue weighted by atomic mass is 10.1. The molecule has 5 heterocycles. The summed E-state index contributed by atoms with van der Waals surface area (Å²) in [6.07, 6.45) is 7.06. The number of hydrogen-bond donors (Lipinski definition) is 1. The van der Waals surface area contributed by atoms with Crippen molar-refractivity contribution in [2.24, 2.45) is 12.8 Å². The number of aromatic nitrogens is 6. The van der Waals surface area contributed by atoms with Gasteiger partial charge in [0, 0.05) is 55.6 Å². The van der Waals surface area contributed by atoms with Crippen molar-refractivity contribution in [2.45, 2.75) is 25.4 Å². The van der Waals surface area contributed by atoms with Crippen LogP contribution in [-0.2, 0) is 7.05 Å². The van der Waals surface area contributed by atoms with E-state index in [1.807, 2.05) is 36.0 Å². The third-order valence-corrected chi connectivity index (χ3v) is 6.67. The highest BCUT2D eigenvalue weighted by atomic mass is 15.3. The van der Waals surface area contributed by atoms with E-state index >= 15 is 0 Å². The second kappa shape index (κ2) is 7.75. The van der Waals surface area contributed by atoms with Gasteiger partial charge >= 0.3 is 0 Å². The fraction of sp³-hybridized carbons (Fsp3) is 0.280. The molecule has 5 aromatic rings. The van der Waals surface area contributed by atoms with Crippen LogP contribution in [0.25, 0.3) is 39.2 Å². The maximum absolute atomic E-state index is 6.13. The Morgan fingerprint density at radius 1 is 1.03 bits per heavy atom. The van der Waals surface area contributed by atoms with E-state index in [1.54, 1.807) is 4.68 Å². The van der Waals surface area contributed by atoms with Gasteiger partial charge in [-0.2, -0.15) is 5.10 Å². The number of nitrogens with two attached hydrogens (primary N) is 1. The van der Waals surface area contributed by atoms with Gasteiger partial charge in [-0.25, -0.2) is 4.98 Å². The second-order valence-corrected chi connectivity index (χ2v) is 8.94. The van der Waals surface area contributed by atoms with Gasteiger partial charge < -0.3 is 5.73 Å². The molecule has 1 unspecified atom stereocenters. The molecule has 0 bridgehead atoms. The van der Waals surface area contributed by atoms with Crippen molar-refractivity contribution in [1.82, 2.24) is 34.3 Å². The van der Waals surface area contributed by atoms with Gasteiger partial charge in [-0.3, -0.25) is 14.0 Å². The number of rotatable bonds is 4. The average Bonchev–Trinajstić information content (AvgIpc) is 3.57. The maximum Gasteiger partial charge on any atom is 0.187 e. The molecule has 0 aliphatic carbocycles. The third kappa shape index (κ3) is 3.57. The Labute approximate surface area is 191 Å². The zero-order chi connectivity index (χ0) is 22.5. The molecule has 2 atom stereocenters. The largest absolute Gasteiger partial charge is 0.326 e. The molecule has 1 aliphatic heterocycles. The molecule has 1 aromatic carbocycles. The fourth-order valence-electron chi connectivity index (χ4n) is 4.70. The molecule has 8 nitrogen and oxygen atoms in total. The van der Waals surface area contributed by atoms with Gasteiger partial charge in [0.05, 0.1) is 11.7 Å². The first-order valence-corrected chi connectivity index (χ1v) is 11.3. The normalized spacial score (nSPS) is 17.8. The first-order chi connectivity index (χ1) is 16.0. The first kappa shape index (κ1) is 20.0. The van der Waals surface area contributed by atoms with Crippen LogP contribution in [0.15, 0.2) is 61.1 Å². The highest BCUT2D eigenvalue weighted by molar-refractivity contribution is 5.85. The average molecular weight is 439 g/mol.